The van der Waals surface area contributed by atoms with E-state index in [-0.39, 0.29) is 17.6 Å². The number of carbonyl (C=O) groups is 2. The molecule has 0 spiro atoms. The first-order chi connectivity index (χ1) is 18.4. The highest BCUT2D eigenvalue weighted by molar-refractivity contribution is 5.90. The lowest BCUT2D eigenvalue weighted by molar-refractivity contribution is -0.476. The highest BCUT2D eigenvalue weighted by atomic mass is 19.4. The van der Waals surface area contributed by atoms with Crippen molar-refractivity contribution in [3.05, 3.63) is 0 Å². The molecular weight excluding hydrogens is 682 g/mol. The standard InChI is InChI=1S/C17H8F22N2O2/c1-3(41-5(43)7(19)10(24,25)14(32,33)17(38,39)15(34,35)11(7,26)27)2-40-4(42)6(18)8(20,21)12(28,29)16(36,37)13(30,31)9(6,22)23/h3H,2H2,1H3,(H,40,42)(H,41,43). The molecule has 0 saturated heterocycles. The molecule has 43 heavy (non-hydrogen) atoms. The van der Waals surface area contributed by atoms with E-state index >= 15 is 0 Å². The Labute approximate surface area is 220 Å². The third-order valence-corrected chi connectivity index (χ3v) is 6.46. The number of alkyl halides is 22. The topological polar surface area (TPSA) is 58.2 Å². The van der Waals surface area contributed by atoms with Gasteiger partial charge in [-0.05, 0) is 6.92 Å². The predicted octanol–water partition coefficient (Wildman–Crippen LogP) is 5.40. The molecule has 26 heteroatoms. The van der Waals surface area contributed by atoms with Crippen LogP contribution in [-0.4, -0.2) is 95.0 Å². The summed E-state index contributed by atoms with van der Waals surface area (Å²) in [7, 11) is 0. The van der Waals surface area contributed by atoms with Gasteiger partial charge in [0.1, 0.15) is 0 Å². The molecular formula is C17H8F22N2O2. The zero-order valence-electron chi connectivity index (χ0n) is 19.4. The molecule has 0 aromatic rings. The lowest BCUT2D eigenvalue weighted by Gasteiger charge is -2.51. The Bertz CT molecular complexity index is 1120. The van der Waals surface area contributed by atoms with E-state index in [0.717, 1.165) is 0 Å². The third-order valence-electron chi connectivity index (χ3n) is 6.46. The highest BCUT2D eigenvalue weighted by Crippen LogP contribution is 2.71. The Kier molecular flexibility index (Phi) is 7.46. The van der Waals surface area contributed by atoms with Crippen LogP contribution in [0.5, 0.6) is 0 Å². The molecule has 2 aliphatic rings. The minimum atomic E-state index is -7.81. The fourth-order valence-corrected chi connectivity index (χ4v) is 3.75. The number of halogens is 22. The monoisotopic (exact) mass is 690 g/mol. The van der Waals surface area contributed by atoms with Crippen molar-refractivity contribution in [1.29, 1.82) is 0 Å². The van der Waals surface area contributed by atoms with Crippen molar-refractivity contribution >= 4 is 11.8 Å². The fourth-order valence-electron chi connectivity index (χ4n) is 3.75. The Hall–Kier alpha value is -2.60. The molecule has 0 heterocycles. The second-order valence-electron chi connectivity index (χ2n) is 9.15. The average molecular weight is 690 g/mol. The van der Waals surface area contributed by atoms with Crippen LogP contribution in [0.25, 0.3) is 0 Å². The minimum absolute atomic E-state index is 0.0645. The van der Waals surface area contributed by atoms with Crippen LogP contribution in [-0.2, 0) is 9.59 Å². The fraction of sp³-hybridized carbons (Fsp3) is 0.882. The lowest BCUT2D eigenvalue weighted by Crippen LogP contribution is -2.86. The van der Waals surface area contributed by atoms with E-state index in [1.54, 1.807) is 0 Å². The van der Waals surface area contributed by atoms with E-state index in [9.17, 15) is 106 Å². The molecule has 4 nitrogen and oxygen atoms in total. The summed E-state index contributed by atoms with van der Waals surface area (Å²) in [6, 6.07) is -2.97. The summed E-state index contributed by atoms with van der Waals surface area (Å²) < 4.78 is 301. The smallest absolute Gasteiger partial charge is 0.351 e. The van der Waals surface area contributed by atoms with Gasteiger partial charge in [-0.2, -0.15) is 87.8 Å². The number of carbonyl (C=O) groups excluding carboxylic acids is 2. The van der Waals surface area contributed by atoms with Gasteiger partial charge >= 0.3 is 70.6 Å². The van der Waals surface area contributed by atoms with E-state index in [0.29, 0.717) is 0 Å². The Morgan fingerprint density at radius 1 is 0.419 bits per heavy atom. The average Bonchev–Trinajstić information content (AvgIpc) is 2.83. The van der Waals surface area contributed by atoms with Gasteiger partial charge in [0.15, 0.2) is 0 Å². The van der Waals surface area contributed by atoms with Gasteiger partial charge in [-0.3, -0.25) is 9.59 Å². The molecule has 2 saturated carbocycles. The number of rotatable bonds is 5. The van der Waals surface area contributed by atoms with Gasteiger partial charge in [0.05, 0.1) is 0 Å². The summed E-state index contributed by atoms with van der Waals surface area (Å²) in [5.41, 5.74) is -14.8. The second kappa shape index (κ2) is 8.77. The van der Waals surface area contributed by atoms with E-state index in [2.05, 4.69) is 0 Å². The first kappa shape index (κ1) is 36.6. The third kappa shape index (κ3) is 3.45. The zero-order chi connectivity index (χ0) is 34.9. The van der Waals surface area contributed by atoms with Gasteiger partial charge in [0.25, 0.3) is 11.8 Å². The number of hydrogen-bond acceptors (Lipinski definition) is 2. The largest absolute Gasteiger partial charge is 0.384 e. The molecule has 2 rings (SSSR count). The molecule has 1 atom stereocenters. The SMILES string of the molecule is CC(CNC(=O)C1(F)C(F)(F)C(F)(F)C(F)(F)C(F)(F)C1(F)F)NC(=O)C1(F)C(F)(F)C(F)(F)C(F)(F)C(F)(F)C1(F)F. The van der Waals surface area contributed by atoms with E-state index in [4.69, 9.17) is 0 Å². The molecule has 2 N–H and O–H groups in total. The molecule has 1 unspecified atom stereocenters. The number of amides is 2. The van der Waals surface area contributed by atoms with Gasteiger partial charge in [-0.25, -0.2) is 8.78 Å². The maximum absolute atomic E-state index is 14.6. The zero-order valence-corrected chi connectivity index (χ0v) is 19.4. The summed E-state index contributed by atoms with van der Waals surface area (Å²) in [4.78, 5) is 23.4. The molecule has 0 aliphatic heterocycles. The summed E-state index contributed by atoms with van der Waals surface area (Å²) >= 11 is 0. The van der Waals surface area contributed by atoms with Gasteiger partial charge < -0.3 is 10.6 Å². The van der Waals surface area contributed by atoms with Crippen molar-refractivity contribution in [1.82, 2.24) is 10.6 Å². The second-order valence-corrected chi connectivity index (χ2v) is 9.15. The normalized spacial score (nSPS) is 31.2. The van der Waals surface area contributed by atoms with E-state index < -0.39 is 95.0 Å². The highest BCUT2D eigenvalue weighted by Gasteiger charge is 3.04. The molecule has 0 bridgehead atoms. The van der Waals surface area contributed by atoms with Crippen LogP contribution in [0.1, 0.15) is 6.92 Å². The van der Waals surface area contributed by atoms with Crippen LogP contribution in [0.15, 0.2) is 0 Å². The van der Waals surface area contributed by atoms with E-state index in [1.165, 1.54) is 0 Å². The van der Waals surface area contributed by atoms with Crippen molar-refractivity contribution in [2.75, 3.05) is 6.54 Å². The predicted molar refractivity (Wildman–Crippen MR) is 87.8 cm³/mol. The van der Waals surface area contributed by atoms with E-state index in [1.807, 2.05) is 0 Å². The van der Waals surface area contributed by atoms with Gasteiger partial charge in [-0.1, -0.05) is 0 Å². The van der Waals surface area contributed by atoms with Crippen LogP contribution in [0.3, 0.4) is 0 Å². The molecule has 0 radical (unpaired) electrons. The lowest BCUT2D eigenvalue weighted by atomic mass is 9.71. The van der Waals surface area contributed by atoms with Gasteiger partial charge in [-0.15, -0.1) is 0 Å². The maximum atomic E-state index is 14.6. The van der Waals surface area contributed by atoms with Crippen LogP contribution in [0, 0.1) is 0 Å². The molecule has 0 aromatic carbocycles. The molecule has 252 valence electrons. The van der Waals surface area contributed by atoms with Crippen LogP contribution in [0.2, 0.25) is 0 Å². The quantitative estimate of drug-likeness (QED) is 0.380. The van der Waals surface area contributed by atoms with Crippen molar-refractivity contribution in [3.8, 4) is 0 Å². The van der Waals surface area contributed by atoms with Crippen LogP contribution in [0.4, 0.5) is 96.6 Å². The van der Waals surface area contributed by atoms with Crippen molar-refractivity contribution < 1.29 is 106 Å². The first-order valence-electron chi connectivity index (χ1n) is 10.2. The van der Waals surface area contributed by atoms with Crippen molar-refractivity contribution in [3.63, 3.8) is 0 Å². The van der Waals surface area contributed by atoms with Gasteiger partial charge in [0.2, 0.25) is 0 Å². The van der Waals surface area contributed by atoms with Crippen LogP contribution < -0.4 is 10.6 Å². The summed E-state index contributed by atoms with van der Waals surface area (Å²) in [6.07, 6.45) is 0. The van der Waals surface area contributed by atoms with Gasteiger partial charge in [0, 0.05) is 12.6 Å². The molecule has 2 amide bonds. The summed E-state index contributed by atoms with van der Waals surface area (Å²) in [5, 5.41) is 0.449. The molecule has 2 fully saturated rings. The Balaban J connectivity index is 2.45. The Morgan fingerprint density at radius 2 is 0.628 bits per heavy atom. The Morgan fingerprint density at radius 3 is 0.884 bits per heavy atom. The number of nitrogens with one attached hydrogen (secondary N) is 2. The van der Waals surface area contributed by atoms with Crippen LogP contribution >= 0.6 is 0 Å². The van der Waals surface area contributed by atoms with Crippen molar-refractivity contribution in [2.24, 2.45) is 0 Å². The number of hydrogen-bond donors (Lipinski definition) is 2. The molecule has 2 aliphatic carbocycles. The maximum Gasteiger partial charge on any atom is 0.384 e. The molecule has 0 aromatic heterocycles. The first-order valence-corrected chi connectivity index (χ1v) is 10.2. The summed E-state index contributed by atoms with van der Waals surface area (Å²) in [6.45, 7) is -2.43. The minimum Gasteiger partial charge on any atom is -0.351 e. The van der Waals surface area contributed by atoms with Crippen molar-refractivity contribution in [2.45, 2.75) is 83.5 Å². The summed E-state index contributed by atoms with van der Waals surface area (Å²) in [5.74, 6) is -86.1.